The Kier molecular flexibility index (Phi) is 4.67. The summed E-state index contributed by atoms with van der Waals surface area (Å²) in [6, 6.07) is 7.94. The van der Waals surface area contributed by atoms with Crippen LogP contribution in [0.2, 0.25) is 0 Å². The SMILES string of the molecule is CC(CC(=O)Nc1cc2c(cc1N)OCO2)c1ccc(C(F)(F)F)cc1. The maximum Gasteiger partial charge on any atom is 0.416 e. The molecule has 138 valence electrons. The highest BCUT2D eigenvalue weighted by Gasteiger charge is 2.30. The van der Waals surface area contributed by atoms with Gasteiger partial charge in [-0.1, -0.05) is 19.1 Å². The molecule has 3 N–H and O–H groups in total. The normalized spacial score (nSPS) is 14.2. The van der Waals surface area contributed by atoms with Crippen molar-refractivity contribution in [3.63, 3.8) is 0 Å². The Labute approximate surface area is 147 Å². The monoisotopic (exact) mass is 366 g/mol. The smallest absolute Gasteiger partial charge is 0.416 e. The summed E-state index contributed by atoms with van der Waals surface area (Å²) in [5.41, 5.74) is 6.55. The molecule has 0 bridgehead atoms. The average Bonchev–Trinajstić information content (AvgIpc) is 3.01. The highest BCUT2D eigenvalue weighted by molar-refractivity contribution is 5.95. The van der Waals surface area contributed by atoms with Crippen molar-refractivity contribution in [1.82, 2.24) is 0 Å². The van der Waals surface area contributed by atoms with E-state index in [4.69, 9.17) is 15.2 Å². The predicted molar refractivity (Wildman–Crippen MR) is 90.1 cm³/mol. The first-order valence-electron chi connectivity index (χ1n) is 7.90. The third-order valence-electron chi connectivity index (χ3n) is 4.12. The van der Waals surface area contributed by atoms with Crippen LogP contribution in [0.25, 0.3) is 0 Å². The van der Waals surface area contributed by atoms with Gasteiger partial charge in [0.15, 0.2) is 11.5 Å². The van der Waals surface area contributed by atoms with Gasteiger partial charge in [0.2, 0.25) is 12.7 Å². The summed E-state index contributed by atoms with van der Waals surface area (Å²) in [7, 11) is 0. The van der Waals surface area contributed by atoms with Gasteiger partial charge >= 0.3 is 6.18 Å². The van der Waals surface area contributed by atoms with Gasteiger partial charge in [-0.05, 0) is 23.6 Å². The molecule has 8 heteroatoms. The lowest BCUT2D eigenvalue weighted by Gasteiger charge is -2.14. The van der Waals surface area contributed by atoms with Crippen molar-refractivity contribution in [3.05, 3.63) is 47.5 Å². The summed E-state index contributed by atoms with van der Waals surface area (Å²) >= 11 is 0. The Bertz CT molecular complexity index is 820. The van der Waals surface area contributed by atoms with E-state index < -0.39 is 11.7 Å². The second kappa shape index (κ2) is 6.78. The minimum atomic E-state index is -4.38. The van der Waals surface area contributed by atoms with Gasteiger partial charge in [-0.2, -0.15) is 13.2 Å². The van der Waals surface area contributed by atoms with Crippen LogP contribution in [0.5, 0.6) is 11.5 Å². The molecular weight excluding hydrogens is 349 g/mol. The van der Waals surface area contributed by atoms with E-state index in [0.29, 0.717) is 28.4 Å². The fourth-order valence-electron chi connectivity index (χ4n) is 2.66. The Hall–Kier alpha value is -2.90. The molecule has 3 rings (SSSR count). The van der Waals surface area contributed by atoms with Crippen molar-refractivity contribution in [3.8, 4) is 11.5 Å². The number of hydrogen-bond acceptors (Lipinski definition) is 4. The first-order valence-corrected chi connectivity index (χ1v) is 7.90. The van der Waals surface area contributed by atoms with Crippen LogP contribution in [0.1, 0.15) is 30.4 Å². The van der Waals surface area contributed by atoms with E-state index in [1.54, 1.807) is 19.1 Å². The molecule has 1 aliphatic heterocycles. The average molecular weight is 366 g/mol. The number of nitrogens with one attached hydrogen (secondary N) is 1. The minimum Gasteiger partial charge on any atom is -0.454 e. The molecule has 0 saturated carbocycles. The number of anilines is 2. The molecule has 0 aliphatic carbocycles. The van der Waals surface area contributed by atoms with Crippen LogP contribution in [0.3, 0.4) is 0 Å². The van der Waals surface area contributed by atoms with Gasteiger partial charge in [0, 0.05) is 18.6 Å². The highest BCUT2D eigenvalue weighted by Crippen LogP contribution is 2.38. The number of ether oxygens (including phenoxy) is 2. The number of nitrogen functional groups attached to an aromatic ring is 1. The molecule has 1 atom stereocenters. The third-order valence-corrected chi connectivity index (χ3v) is 4.12. The predicted octanol–water partition coefficient (Wildman–Crippen LogP) is 4.15. The van der Waals surface area contributed by atoms with Gasteiger partial charge < -0.3 is 20.5 Å². The van der Waals surface area contributed by atoms with Gasteiger partial charge in [0.05, 0.1) is 16.9 Å². The van der Waals surface area contributed by atoms with Crippen LogP contribution in [0, 0.1) is 0 Å². The second-order valence-corrected chi connectivity index (χ2v) is 6.07. The molecular formula is C18H17F3N2O3. The molecule has 5 nitrogen and oxygen atoms in total. The van der Waals surface area contributed by atoms with Gasteiger partial charge in [-0.25, -0.2) is 0 Å². The van der Waals surface area contributed by atoms with Gasteiger partial charge in [0.1, 0.15) is 0 Å². The van der Waals surface area contributed by atoms with Gasteiger partial charge in [-0.15, -0.1) is 0 Å². The number of amides is 1. The number of alkyl halides is 3. The van der Waals surface area contributed by atoms with Crippen molar-refractivity contribution < 1.29 is 27.4 Å². The zero-order valence-electron chi connectivity index (χ0n) is 13.9. The van der Waals surface area contributed by atoms with E-state index in [9.17, 15) is 18.0 Å². The third kappa shape index (κ3) is 3.84. The summed E-state index contributed by atoms with van der Waals surface area (Å²) in [4.78, 5) is 12.3. The summed E-state index contributed by atoms with van der Waals surface area (Å²) in [6.45, 7) is 1.86. The Morgan fingerprint density at radius 1 is 1.19 bits per heavy atom. The highest BCUT2D eigenvalue weighted by atomic mass is 19.4. The molecule has 1 heterocycles. The molecule has 26 heavy (non-hydrogen) atoms. The van der Waals surface area contributed by atoms with Crippen molar-refractivity contribution in [2.75, 3.05) is 17.8 Å². The van der Waals surface area contributed by atoms with Crippen LogP contribution in [-0.4, -0.2) is 12.7 Å². The zero-order valence-corrected chi connectivity index (χ0v) is 13.9. The van der Waals surface area contributed by atoms with Crippen LogP contribution >= 0.6 is 0 Å². The van der Waals surface area contributed by atoms with E-state index in [0.717, 1.165) is 12.1 Å². The molecule has 0 aromatic heterocycles. The van der Waals surface area contributed by atoms with Crippen molar-refractivity contribution in [2.45, 2.75) is 25.4 Å². The molecule has 2 aromatic rings. The number of benzene rings is 2. The quantitative estimate of drug-likeness (QED) is 0.798. The van der Waals surface area contributed by atoms with Crippen molar-refractivity contribution >= 4 is 17.3 Å². The van der Waals surface area contributed by atoms with Crippen LogP contribution < -0.4 is 20.5 Å². The second-order valence-electron chi connectivity index (χ2n) is 6.07. The first kappa shape index (κ1) is 17.9. The van der Waals surface area contributed by atoms with Gasteiger partial charge in [-0.3, -0.25) is 4.79 Å². The summed E-state index contributed by atoms with van der Waals surface area (Å²) < 4.78 is 48.3. The maximum absolute atomic E-state index is 12.6. The van der Waals surface area contributed by atoms with Gasteiger partial charge in [0.25, 0.3) is 0 Å². The van der Waals surface area contributed by atoms with Crippen LogP contribution in [0.15, 0.2) is 36.4 Å². The number of rotatable bonds is 4. The molecule has 0 saturated heterocycles. The molecule has 0 fully saturated rings. The lowest BCUT2D eigenvalue weighted by atomic mass is 9.96. The van der Waals surface area contributed by atoms with Crippen molar-refractivity contribution in [2.24, 2.45) is 0 Å². The molecule has 0 spiro atoms. The number of fused-ring (bicyclic) bond motifs is 1. The molecule has 1 amide bonds. The lowest BCUT2D eigenvalue weighted by molar-refractivity contribution is -0.137. The number of carbonyl (C=O) groups is 1. The number of halogens is 3. The van der Waals surface area contributed by atoms with Crippen LogP contribution in [0.4, 0.5) is 24.5 Å². The number of hydrogen-bond donors (Lipinski definition) is 2. The van der Waals surface area contributed by atoms with E-state index in [-0.39, 0.29) is 25.0 Å². The van der Waals surface area contributed by atoms with E-state index in [2.05, 4.69) is 5.32 Å². The molecule has 1 unspecified atom stereocenters. The molecule has 2 aromatic carbocycles. The lowest BCUT2D eigenvalue weighted by Crippen LogP contribution is -2.15. The number of carbonyl (C=O) groups excluding carboxylic acids is 1. The summed E-state index contributed by atoms with van der Waals surface area (Å²) in [6.07, 6.45) is -4.28. The van der Waals surface area contributed by atoms with Crippen molar-refractivity contribution in [1.29, 1.82) is 0 Å². The molecule has 0 radical (unpaired) electrons. The Morgan fingerprint density at radius 2 is 1.81 bits per heavy atom. The standard InChI is InChI=1S/C18H17F3N2O3/c1-10(11-2-4-12(5-3-11)18(19,20)21)6-17(24)23-14-8-16-15(7-13(14)22)25-9-26-16/h2-5,7-8,10H,6,9,22H2,1H3,(H,23,24). The number of nitrogens with two attached hydrogens (primary N) is 1. The first-order chi connectivity index (χ1) is 12.2. The minimum absolute atomic E-state index is 0.0944. The largest absolute Gasteiger partial charge is 0.454 e. The Balaban J connectivity index is 1.65. The summed E-state index contributed by atoms with van der Waals surface area (Å²) in [5.74, 6) is 0.444. The maximum atomic E-state index is 12.6. The fourth-order valence-corrected chi connectivity index (χ4v) is 2.66. The van der Waals surface area contributed by atoms with E-state index in [1.807, 2.05) is 0 Å². The van der Waals surface area contributed by atoms with E-state index >= 15 is 0 Å². The van der Waals surface area contributed by atoms with E-state index in [1.165, 1.54) is 12.1 Å². The Morgan fingerprint density at radius 3 is 2.42 bits per heavy atom. The molecule has 1 aliphatic rings. The zero-order chi connectivity index (χ0) is 18.9. The fraction of sp³-hybridized carbons (Fsp3) is 0.278. The summed E-state index contributed by atoms with van der Waals surface area (Å²) in [5, 5.41) is 2.70. The van der Waals surface area contributed by atoms with Crippen LogP contribution in [-0.2, 0) is 11.0 Å². The topological polar surface area (TPSA) is 73.6 Å².